The van der Waals surface area contributed by atoms with Gasteiger partial charge in [-0.3, -0.25) is 0 Å². The molecule has 0 unspecified atom stereocenters. The second-order valence-electron chi connectivity index (χ2n) is 3.28. The largest absolute Gasteiger partial charge is 0.494 e. The van der Waals surface area contributed by atoms with Crippen LogP contribution in [0.25, 0.3) is 11.3 Å². The fraction of sp³-hybridized carbons (Fsp3) is 0.182. The summed E-state index contributed by atoms with van der Waals surface area (Å²) in [5.74, 6) is -0.350. The van der Waals surface area contributed by atoms with Crippen LogP contribution in [0.3, 0.4) is 0 Å². The zero-order chi connectivity index (χ0) is 12.4. The van der Waals surface area contributed by atoms with Crippen molar-refractivity contribution >= 4 is 17.0 Å². The maximum atomic E-state index is 13.6. The Labute approximate surface area is 102 Å². The van der Waals surface area contributed by atoms with Gasteiger partial charge < -0.3 is 15.2 Å². The number of nitrogen functional groups attached to an aromatic ring is 1. The zero-order valence-corrected chi connectivity index (χ0v) is 10.2. The number of rotatable bonds is 3. The maximum absolute atomic E-state index is 13.6. The molecule has 0 bridgehead atoms. The summed E-state index contributed by atoms with van der Waals surface area (Å²) in [6.45, 7) is 0. The van der Waals surface area contributed by atoms with Crippen LogP contribution in [0.5, 0.6) is 10.9 Å². The molecule has 2 rings (SSSR count). The highest BCUT2D eigenvalue weighted by Crippen LogP contribution is 2.33. The number of halogens is 1. The molecular formula is C11H11FN2O2S. The van der Waals surface area contributed by atoms with E-state index in [2.05, 4.69) is 4.98 Å². The van der Waals surface area contributed by atoms with E-state index in [0.717, 1.165) is 0 Å². The lowest BCUT2D eigenvalue weighted by molar-refractivity contribution is 0.387. The monoisotopic (exact) mass is 254 g/mol. The molecule has 0 saturated carbocycles. The Morgan fingerprint density at radius 3 is 2.65 bits per heavy atom. The predicted octanol–water partition coefficient (Wildman–Crippen LogP) is 2.55. The lowest BCUT2D eigenvalue weighted by atomic mass is 10.1. The number of benzene rings is 1. The molecule has 0 aliphatic carbocycles. The van der Waals surface area contributed by atoms with Crippen molar-refractivity contribution in [2.75, 3.05) is 20.0 Å². The van der Waals surface area contributed by atoms with Gasteiger partial charge in [0.15, 0.2) is 11.6 Å². The number of hydrogen-bond donors (Lipinski definition) is 1. The molecule has 0 amide bonds. The van der Waals surface area contributed by atoms with Gasteiger partial charge in [-0.05, 0) is 6.07 Å². The molecule has 0 aliphatic heterocycles. The average Bonchev–Trinajstić information content (AvgIpc) is 2.80. The first-order valence-electron chi connectivity index (χ1n) is 4.78. The Morgan fingerprint density at radius 2 is 2.06 bits per heavy atom. The van der Waals surface area contributed by atoms with E-state index < -0.39 is 5.82 Å². The Bertz CT molecular complexity index is 542. The number of methoxy groups -OCH3 is 2. The molecule has 1 aromatic carbocycles. The lowest BCUT2D eigenvalue weighted by Crippen LogP contribution is -1.95. The Morgan fingerprint density at radius 1 is 1.29 bits per heavy atom. The van der Waals surface area contributed by atoms with Crippen LogP contribution in [-0.2, 0) is 0 Å². The molecule has 0 spiro atoms. The van der Waals surface area contributed by atoms with Crippen LogP contribution in [0.4, 0.5) is 10.1 Å². The van der Waals surface area contributed by atoms with E-state index in [1.54, 1.807) is 5.38 Å². The number of aromatic nitrogens is 1. The smallest absolute Gasteiger partial charge is 0.273 e. The van der Waals surface area contributed by atoms with Gasteiger partial charge in [-0.2, -0.15) is 0 Å². The topological polar surface area (TPSA) is 57.4 Å². The van der Waals surface area contributed by atoms with Gasteiger partial charge in [0.2, 0.25) is 0 Å². The number of hydrogen-bond acceptors (Lipinski definition) is 5. The number of nitrogens with zero attached hydrogens (tertiary/aromatic N) is 1. The first-order chi connectivity index (χ1) is 8.15. The molecule has 2 N–H and O–H groups in total. The van der Waals surface area contributed by atoms with E-state index in [4.69, 9.17) is 15.2 Å². The fourth-order valence-electron chi connectivity index (χ4n) is 1.42. The summed E-state index contributed by atoms with van der Waals surface area (Å²) in [5.41, 5.74) is 7.36. The zero-order valence-electron chi connectivity index (χ0n) is 9.36. The second-order valence-corrected chi connectivity index (χ2v) is 4.10. The van der Waals surface area contributed by atoms with Gasteiger partial charge in [-0.1, -0.05) is 11.3 Å². The van der Waals surface area contributed by atoms with E-state index in [9.17, 15) is 4.39 Å². The first kappa shape index (κ1) is 11.7. The van der Waals surface area contributed by atoms with Crippen LogP contribution in [-0.4, -0.2) is 19.2 Å². The number of ether oxygens (including phenoxy) is 2. The van der Waals surface area contributed by atoms with Crippen molar-refractivity contribution in [1.29, 1.82) is 0 Å². The van der Waals surface area contributed by atoms with Crippen LogP contribution in [0.1, 0.15) is 0 Å². The fourth-order valence-corrected chi connectivity index (χ4v) is 2.06. The standard InChI is InChI=1S/C11H11FN2O2S/c1-15-10-4-8(13)6(3-7(10)12)9-5-17-11(14-9)16-2/h3-5H,13H2,1-2H3. The highest BCUT2D eigenvalue weighted by molar-refractivity contribution is 7.11. The third-order valence-electron chi connectivity index (χ3n) is 2.26. The molecule has 0 fully saturated rings. The molecule has 0 saturated heterocycles. The second kappa shape index (κ2) is 4.58. The van der Waals surface area contributed by atoms with Gasteiger partial charge in [-0.15, -0.1) is 0 Å². The molecule has 6 heteroatoms. The molecule has 1 aromatic heterocycles. The van der Waals surface area contributed by atoms with Crippen LogP contribution >= 0.6 is 11.3 Å². The minimum atomic E-state index is -0.469. The Hall–Kier alpha value is -1.82. The van der Waals surface area contributed by atoms with Crippen molar-refractivity contribution in [3.63, 3.8) is 0 Å². The van der Waals surface area contributed by atoms with Crippen molar-refractivity contribution in [2.24, 2.45) is 0 Å². The maximum Gasteiger partial charge on any atom is 0.273 e. The van der Waals surface area contributed by atoms with Crippen LogP contribution in [0.15, 0.2) is 17.5 Å². The minimum absolute atomic E-state index is 0.119. The molecular weight excluding hydrogens is 243 g/mol. The number of nitrogens with two attached hydrogens (primary N) is 1. The van der Waals surface area contributed by atoms with E-state index in [1.807, 2.05) is 0 Å². The van der Waals surface area contributed by atoms with Crippen LogP contribution in [0.2, 0.25) is 0 Å². The molecule has 0 atom stereocenters. The molecule has 17 heavy (non-hydrogen) atoms. The summed E-state index contributed by atoms with van der Waals surface area (Å²) in [4.78, 5) is 4.17. The summed E-state index contributed by atoms with van der Waals surface area (Å²) in [6, 6.07) is 2.75. The van der Waals surface area contributed by atoms with Crippen molar-refractivity contribution in [1.82, 2.24) is 4.98 Å². The minimum Gasteiger partial charge on any atom is -0.494 e. The number of anilines is 1. The van der Waals surface area contributed by atoms with Gasteiger partial charge >= 0.3 is 0 Å². The molecule has 90 valence electrons. The van der Waals surface area contributed by atoms with Crippen LogP contribution in [0, 0.1) is 5.82 Å². The highest BCUT2D eigenvalue weighted by Gasteiger charge is 2.12. The predicted molar refractivity (Wildman–Crippen MR) is 65.0 cm³/mol. The van der Waals surface area contributed by atoms with Crippen molar-refractivity contribution < 1.29 is 13.9 Å². The third kappa shape index (κ3) is 2.16. The van der Waals surface area contributed by atoms with Gasteiger partial charge in [0, 0.05) is 22.7 Å². The van der Waals surface area contributed by atoms with Crippen LogP contribution < -0.4 is 15.2 Å². The van der Waals surface area contributed by atoms with Gasteiger partial charge in [-0.25, -0.2) is 9.37 Å². The van der Waals surface area contributed by atoms with Crippen molar-refractivity contribution in [3.05, 3.63) is 23.3 Å². The van der Waals surface area contributed by atoms with E-state index in [-0.39, 0.29) is 5.75 Å². The average molecular weight is 254 g/mol. The summed E-state index contributed by atoms with van der Waals surface area (Å²) < 4.78 is 23.4. The molecule has 1 heterocycles. The van der Waals surface area contributed by atoms with E-state index in [0.29, 0.717) is 22.1 Å². The summed E-state index contributed by atoms with van der Waals surface area (Å²) in [5, 5.41) is 2.27. The molecule has 0 aliphatic rings. The Balaban J connectivity index is 2.48. The normalized spacial score (nSPS) is 10.3. The Kier molecular flexibility index (Phi) is 3.14. The van der Waals surface area contributed by atoms with Gasteiger partial charge in [0.25, 0.3) is 5.19 Å². The third-order valence-corrected chi connectivity index (χ3v) is 3.06. The lowest BCUT2D eigenvalue weighted by Gasteiger charge is -2.07. The number of thiazole rings is 1. The molecule has 0 radical (unpaired) electrons. The highest BCUT2D eigenvalue weighted by atomic mass is 32.1. The molecule has 2 aromatic rings. The summed E-state index contributed by atoms with van der Waals surface area (Å²) in [7, 11) is 2.92. The van der Waals surface area contributed by atoms with Crippen molar-refractivity contribution in [2.45, 2.75) is 0 Å². The summed E-state index contributed by atoms with van der Waals surface area (Å²) in [6.07, 6.45) is 0. The van der Waals surface area contributed by atoms with Gasteiger partial charge in [0.1, 0.15) is 0 Å². The SMILES string of the molecule is COc1nc(-c2cc(F)c(OC)cc2N)cs1. The molecule has 4 nitrogen and oxygen atoms in total. The first-order valence-corrected chi connectivity index (χ1v) is 5.66. The van der Waals surface area contributed by atoms with Gasteiger partial charge in [0.05, 0.1) is 19.9 Å². The summed E-state index contributed by atoms with van der Waals surface area (Å²) >= 11 is 1.33. The quantitative estimate of drug-likeness (QED) is 0.855. The van der Waals surface area contributed by atoms with Crippen molar-refractivity contribution in [3.8, 4) is 22.2 Å². The van der Waals surface area contributed by atoms with E-state index in [1.165, 1.54) is 37.7 Å². The van der Waals surface area contributed by atoms with E-state index >= 15 is 0 Å².